The van der Waals surface area contributed by atoms with Gasteiger partial charge in [-0.1, -0.05) is 44.9 Å². The zero-order valence-electron chi connectivity index (χ0n) is 16.1. The fourth-order valence-corrected chi connectivity index (χ4v) is 3.79. The molecule has 0 aliphatic carbocycles. The van der Waals surface area contributed by atoms with Crippen molar-refractivity contribution in [2.75, 3.05) is 4.72 Å². The Bertz CT molecular complexity index is 831. The van der Waals surface area contributed by atoms with E-state index >= 15 is 0 Å². The first-order chi connectivity index (χ1) is 12.8. The van der Waals surface area contributed by atoms with Crippen LogP contribution in [0.3, 0.4) is 0 Å². The van der Waals surface area contributed by atoms with E-state index in [0.29, 0.717) is 17.2 Å². The molecular weight excluding hydrogens is 360 g/mol. The molecule has 2 aromatic carbocycles. The van der Waals surface area contributed by atoms with Crippen LogP contribution in [0.2, 0.25) is 0 Å². The fourth-order valence-electron chi connectivity index (χ4n) is 2.71. The first kappa shape index (κ1) is 21.0. The highest BCUT2D eigenvalue weighted by atomic mass is 32.2. The minimum atomic E-state index is -3.63. The van der Waals surface area contributed by atoms with Crippen molar-refractivity contribution in [1.29, 1.82) is 0 Å². The van der Waals surface area contributed by atoms with Crippen molar-refractivity contribution < 1.29 is 13.2 Å². The van der Waals surface area contributed by atoms with E-state index in [1.807, 2.05) is 6.92 Å². The van der Waals surface area contributed by atoms with Crippen LogP contribution in [0.4, 0.5) is 5.69 Å². The molecule has 5 nitrogen and oxygen atoms in total. The maximum Gasteiger partial charge on any atom is 0.261 e. The van der Waals surface area contributed by atoms with Crippen molar-refractivity contribution in [2.45, 2.75) is 51.0 Å². The highest BCUT2D eigenvalue weighted by Crippen LogP contribution is 2.16. The van der Waals surface area contributed by atoms with Crippen molar-refractivity contribution in [3.05, 3.63) is 60.2 Å². The number of hydrogen-bond acceptors (Lipinski definition) is 3. The molecule has 1 unspecified atom stereocenters. The van der Waals surface area contributed by atoms with Gasteiger partial charge in [-0.3, -0.25) is 9.52 Å². The van der Waals surface area contributed by atoms with Gasteiger partial charge in [0, 0.05) is 17.3 Å². The molecule has 0 aliphatic heterocycles. The fraction of sp³-hybridized carbons (Fsp3) is 0.381. The molecule has 0 fully saturated rings. The summed E-state index contributed by atoms with van der Waals surface area (Å²) in [6.45, 7) is 6.38. The molecule has 0 saturated heterocycles. The standard InChI is InChI=1S/C21H28N2O3S/c1-16(2)8-7-9-17(3)22-21(24)18-12-14-19(15-13-18)23-27(25,26)20-10-5-4-6-11-20/h4-6,10-17,23H,7-9H2,1-3H3,(H,22,24). The van der Waals surface area contributed by atoms with Crippen LogP contribution in [0.25, 0.3) is 0 Å². The Morgan fingerprint density at radius 1 is 0.926 bits per heavy atom. The lowest BCUT2D eigenvalue weighted by atomic mass is 10.0. The maximum atomic E-state index is 12.3. The molecule has 0 saturated carbocycles. The minimum Gasteiger partial charge on any atom is -0.350 e. The van der Waals surface area contributed by atoms with Crippen LogP contribution in [0.1, 0.15) is 50.4 Å². The van der Waals surface area contributed by atoms with E-state index < -0.39 is 10.0 Å². The van der Waals surface area contributed by atoms with E-state index in [1.165, 1.54) is 12.1 Å². The van der Waals surface area contributed by atoms with Gasteiger partial charge in [-0.2, -0.15) is 0 Å². The second-order valence-electron chi connectivity index (χ2n) is 7.20. The molecule has 1 amide bonds. The van der Waals surface area contributed by atoms with Gasteiger partial charge in [0.05, 0.1) is 4.90 Å². The number of rotatable bonds is 9. The van der Waals surface area contributed by atoms with E-state index in [2.05, 4.69) is 23.9 Å². The Morgan fingerprint density at radius 2 is 1.56 bits per heavy atom. The monoisotopic (exact) mass is 388 g/mol. The van der Waals surface area contributed by atoms with Gasteiger partial charge in [0.15, 0.2) is 0 Å². The van der Waals surface area contributed by atoms with Crippen molar-refractivity contribution in [3.63, 3.8) is 0 Å². The summed E-state index contributed by atoms with van der Waals surface area (Å²) in [5.74, 6) is 0.518. The van der Waals surface area contributed by atoms with E-state index in [0.717, 1.165) is 19.3 Å². The molecule has 0 spiro atoms. The number of carbonyl (C=O) groups is 1. The number of carbonyl (C=O) groups excluding carboxylic acids is 1. The van der Waals surface area contributed by atoms with Crippen LogP contribution in [0.15, 0.2) is 59.5 Å². The lowest BCUT2D eigenvalue weighted by molar-refractivity contribution is 0.0938. The molecule has 146 valence electrons. The van der Waals surface area contributed by atoms with Crippen LogP contribution >= 0.6 is 0 Å². The van der Waals surface area contributed by atoms with Crippen molar-refractivity contribution in [2.24, 2.45) is 5.92 Å². The largest absolute Gasteiger partial charge is 0.350 e. The molecule has 1 atom stereocenters. The Morgan fingerprint density at radius 3 is 2.15 bits per heavy atom. The summed E-state index contributed by atoms with van der Waals surface area (Å²) in [5.41, 5.74) is 0.925. The average molecular weight is 389 g/mol. The minimum absolute atomic E-state index is 0.104. The number of sulfonamides is 1. The third kappa shape index (κ3) is 6.71. The summed E-state index contributed by atoms with van der Waals surface area (Å²) in [6, 6.07) is 14.7. The van der Waals surface area contributed by atoms with Crippen LogP contribution < -0.4 is 10.0 Å². The first-order valence-corrected chi connectivity index (χ1v) is 10.7. The molecule has 0 radical (unpaired) electrons. The molecule has 0 bridgehead atoms. The van der Waals surface area contributed by atoms with Gasteiger partial charge >= 0.3 is 0 Å². The highest BCUT2D eigenvalue weighted by Gasteiger charge is 2.14. The van der Waals surface area contributed by atoms with E-state index in [9.17, 15) is 13.2 Å². The quantitative estimate of drug-likeness (QED) is 0.667. The lowest BCUT2D eigenvalue weighted by Gasteiger charge is -2.15. The van der Waals surface area contributed by atoms with E-state index in [-0.39, 0.29) is 16.8 Å². The third-order valence-electron chi connectivity index (χ3n) is 4.25. The number of nitrogens with one attached hydrogen (secondary N) is 2. The second kappa shape index (κ2) is 9.55. The van der Waals surface area contributed by atoms with Gasteiger partial charge in [-0.15, -0.1) is 0 Å². The topological polar surface area (TPSA) is 75.3 Å². The molecule has 0 aliphatic rings. The van der Waals surface area contributed by atoms with Gasteiger partial charge in [0.25, 0.3) is 15.9 Å². The number of amides is 1. The zero-order chi connectivity index (χ0) is 19.9. The van der Waals surface area contributed by atoms with Crippen LogP contribution in [0.5, 0.6) is 0 Å². The Hall–Kier alpha value is -2.34. The van der Waals surface area contributed by atoms with Crippen LogP contribution in [0, 0.1) is 5.92 Å². The number of hydrogen-bond donors (Lipinski definition) is 2. The molecule has 27 heavy (non-hydrogen) atoms. The molecule has 2 N–H and O–H groups in total. The smallest absolute Gasteiger partial charge is 0.261 e. The molecule has 0 aromatic heterocycles. The number of benzene rings is 2. The first-order valence-electron chi connectivity index (χ1n) is 9.26. The Kier molecular flexibility index (Phi) is 7.42. The van der Waals surface area contributed by atoms with Crippen LogP contribution in [-0.2, 0) is 10.0 Å². The van der Waals surface area contributed by atoms with Crippen molar-refractivity contribution in [1.82, 2.24) is 5.32 Å². The van der Waals surface area contributed by atoms with Crippen molar-refractivity contribution >= 4 is 21.6 Å². The molecule has 2 rings (SSSR count). The summed E-state index contributed by atoms with van der Waals surface area (Å²) < 4.78 is 27.2. The second-order valence-corrected chi connectivity index (χ2v) is 8.88. The van der Waals surface area contributed by atoms with Gasteiger partial charge in [-0.05, 0) is 55.7 Å². The normalized spacial score (nSPS) is 12.6. The lowest BCUT2D eigenvalue weighted by Crippen LogP contribution is -2.32. The summed E-state index contributed by atoms with van der Waals surface area (Å²) >= 11 is 0. The van der Waals surface area contributed by atoms with Gasteiger partial charge in [0.2, 0.25) is 0 Å². The highest BCUT2D eigenvalue weighted by molar-refractivity contribution is 7.92. The zero-order valence-corrected chi connectivity index (χ0v) is 16.9. The summed E-state index contributed by atoms with van der Waals surface area (Å²) in [6.07, 6.45) is 3.18. The SMILES string of the molecule is CC(C)CCCC(C)NC(=O)c1ccc(NS(=O)(=O)c2ccccc2)cc1. The van der Waals surface area contributed by atoms with Gasteiger partial charge < -0.3 is 5.32 Å². The summed E-state index contributed by atoms with van der Waals surface area (Å²) in [5, 5.41) is 2.99. The van der Waals surface area contributed by atoms with Crippen molar-refractivity contribution in [3.8, 4) is 0 Å². The average Bonchev–Trinajstić information content (AvgIpc) is 2.62. The predicted molar refractivity (Wildman–Crippen MR) is 109 cm³/mol. The van der Waals surface area contributed by atoms with Crippen LogP contribution in [-0.4, -0.2) is 20.4 Å². The van der Waals surface area contributed by atoms with E-state index in [1.54, 1.807) is 42.5 Å². The third-order valence-corrected chi connectivity index (χ3v) is 5.65. The summed E-state index contributed by atoms with van der Waals surface area (Å²) in [4.78, 5) is 12.5. The maximum absolute atomic E-state index is 12.3. The number of anilines is 1. The van der Waals surface area contributed by atoms with Gasteiger partial charge in [-0.25, -0.2) is 8.42 Å². The molecule has 0 heterocycles. The Labute approximate surface area is 162 Å². The van der Waals surface area contributed by atoms with Gasteiger partial charge in [0.1, 0.15) is 0 Å². The molecule has 2 aromatic rings. The summed E-state index contributed by atoms with van der Waals surface area (Å²) in [7, 11) is -3.63. The molecular formula is C21H28N2O3S. The Balaban J connectivity index is 1.93. The predicted octanol–water partition coefficient (Wildman–Crippen LogP) is 4.43. The van der Waals surface area contributed by atoms with E-state index in [4.69, 9.17) is 0 Å². The molecule has 6 heteroatoms.